The van der Waals surface area contributed by atoms with E-state index in [4.69, 9.17) is 15.2 Å². The average molecular weight is 388 g/mol. The third-order valence-corrected chi connectivity index (χ3v) is 4.86. The van der Waals surface area contributed by atoms with Crippen LogP contribution in [0.1, 0.15) is 11.1 Å². The van der Waals surface area contributed by atoms with Crippen LogP contribution in [0.2, 0.25) is 0 Å². The van der Waals surface area contributed by atoms with Gasteiger partial charge in [0, 0.05) is 18.8 Å². The number of benzene rings is 3. The molecule has 1 aromatic heterocycles. The summed E-state index contributed by atoms with van der Waals surface area (Å²) in [6.07, 6.45) is 0. The van der Waals surface area contributed by atoms with E-state index in [1.165, 1.54) is 0 Å². The molecule has 0 aliphatic heterocycles. The highest BCUT2D eigenvalue weighted by atomic mass is 16.5. The number of fused-ring (bicyclic) bond motifs is 1. The van der Waals surface area contributed by atoms with E-state index < -0.39 is 0 Å². The Morgan fingerprint density at radius 1 is 0.862 bits per heavy atom. The number of H-pyrrole nitrogens is 1. The Morgan fingerprint density at radius 2 is 1.48 bits per heavy atom. The van der Waals surface area contributed by atoms with Gasteiger partial charge < -0.3 is 25.1 Å². The Balaban J connectivity index is 1.69. The van der Waals surface area contributed by atoms with Crippen LogP contribution in [-0.2, 0) is 13.1 Å². The Bertz CT molecular complexity index is 1070. The number of hydrogen-bond acceptors (Lipinski definition) is 5. The van der Waals surface area contributed by atoms with Gasteiger partial charge in [-0.15, -0.1) is 0 Å². The molecule has 0 fully saturated rings. The zero-order valence-corrected chi connectivity index (χ0v) is 16.6. The molecule has 3 aromatic carbocycles. The van der Waals surface area contributed by atoms with Gasteiger partial charge in [-0.05, 0) is 53.6 Å². The zero-order chi connectivity index (χ0) is 20.2. The second kappa shape index (κ2) is 8.14. The molecule has 0 radical (unpaired) electrons. The zero-order valence-electron chi connectivity index (χ0n) is 16.6. The van der Waals surface area contributed by atoms with E-state index in [9.17, 15) is 0 Å². The molecule has 0 aliphatic rings. The van der Waals surface area contributed by atoms with Crippen molar-refractivity contribution >= 4 is 22.7 Å². The standard InChI is InChI=1S/C23H24N4O2/c1-28-19-7-3-5-16(11-19)14-27(15-17-6-4-8-20(12-17)29-2)18-9-10-21-22(13-18)26-23(24)25-21/h3-13H,14-15H2,1-2H3,(H3,24,25,26). The van der Waals surface area contributed by atoms with Crippen LogP contribution in [-0.4, -0.2) is 24.2 Å². The van der Waals surface area contributed by atoms with Crippen molar-refractivity contribution in [2.45, 2.75) is 13.1 Å². The van der Waals surface area contributed by atoms with Crippen molar-refractivity contribution < 1.29 is 9.47 Å². The van der Waals surface area contributed by atoms with Crippen LogP contribution in [0.3, 0.4) is 0 Å². The lowest BCUT2D eigenvalue weighted by Crippen LogP contribution is -2.22. The van der Waals surface area contributed by atoms with Gasteiger partial charge in [0.1, 0.15) is 11.5 Å². The van der Waals surface area contributed by atoms with Gasteiger partial charge in [-0.1, -0.05) is 24.3 Å². The van der Waals surface area contributed by atoms with E-state index in [0.717, 1.165) is 52.4 Å². The van der Waals surface area contributed by atoms with E-state index >= 15 is 0 Å². The largest absolute Gasteiger partial charge is 0.497 e. The van der Waals surface area contributed by atoms with Crippen molar-refractivity contribution in [2.75, 3.05) is 24.9 Å². The highest BCUT2D eigenvalue weighted by Crippen LogP contribution is 2.26. The maximum absolute atomic E-state index is 5.82. The number of ether oxygens (including phenoxy) is 2. The number of nitrogens with zero attached hydrogens (tertiary/aromatic N) is 2. The van der Waals surface area contributed by atoms with Gasteiger partial charge in [0.25, 0.3) is 0 Å². The first kappa shape index (κ1) is 18.7. The van der Waals surface area contributed by atoms with Crippen molar-refractivity contribution in [2.24, 2.45) is 0 Å². The summed E-state index contributed by atoms with van der Waals surface area (Å²) < 4.78 is 10.8. The molecule has 4 aromatic rings. The molecular weight excluding hydrogens is 364 g/mol. The summed E-state index contributed by atoms with van der Waals surface area (Å²) in [5, 5.41) is 0. The first-order valence-electron chi connectivity index (χ1n) is 9.40. The summed E-state index contributed by atoms with van der Waals surface area (Å²) in [4.78, 5) is 9.72. The molecule has 0 saturated heterocycles. The van der Waals surface area contributed by atoms with Gasteiger partial charge >= 0.3 is 0 Å². The fourth-order valence-electron chi connectivity index (χ4n) is 3.43. The average Bonchev–Trinajstić information content (AvgIpc) is 3.12. The molecular formula is C23H24N4O2. The number of nitrogens with one attached hydrogen (secondary N) is 1. The van der Waals surface area contributed by atoms with Crippen molar-refractivity contribution in [3.05, 3.63) is 77.9 Å². The summed E-state index contributed by atoms with van der Waals surface area (Å²) in [5.41, 5.74) is 11.0. The first-order chi connectivity index (χ1) is 14.1. The highest BCUT2D eigenvalue weighted by Gasteiger charge is 2.12. The molecule has 0 amide bonds. The molecule has 6 nitrogen and oxygen atoms in total. The molecule has 0 unspecified atom stereocenters. The molecule has 0 atom stereocenters. The molecule has 148 valence electrons. The van der Waals surface area contributed by atoms with Gasteiger partial charge in [-0.25, -0.2) is 4.98 Å². The number of nitrogen functional groups attached to an aromatic ring is 1. The number of rotatable bonds is 7. The van der Waals surface area contributed by atoms with Crippen molar-refractivity contribution in [3.63, 3.8) is 0 Å². The van der Waals surface area contributed by atoms with Crippen LogP contribution < -0.4 is 20.1 Å². The van der Waals surface area contributed by atoms with E-state index in [1.54, 1.807) is 14.2 Å². The predicted octanol–water partition coefficient (Wildman–Crippen LogP) is 4.37. The van der Waals surface area contributed by atoms with Crippen molar-refractivity contribution in [3.8, 4) is 11.5 Å². The molecule has 0 aliphatic carbocycles. The molecule has 29 heavy (non-hydrogen) atoms. The Labute approximate surface area is 169 Å². The normalized spacial score (nSPS) is 10.8. The quantitative estimate of drug-likeness (QED) is 0.492. The Kier molecular flexibility index (Phi) is 5.24. The molecule has 0 bridgehead atoms. The third-order valence-electron chi connectivity index (χ3n) is 4.86. The Hall–Kier alpha value is -3.67. The van der Waals surface area contributed by atoms with Gasteiger partial charge in [0.2, 0.25) is 0 Å². The van der Waals surface area contributed by atoms with Gasteiger partial charge in [-0.3, -0.25) is 0 Å². The molecule has 6 heteroatoms. The third kappa shape index (κ3) is 4.27. The number of nitrogens with two attached hydrogens (primary N) is 1. The van der Waals surface area contributed by atoms with E-state index in [1.807, 2.05) is 30.3 Å². The van der Waals surface area contributed by atoms with E-state index in [2.05, 4.69) is 51.3 Å². The summed E-state index contributed by atoms with van der Waals surface area (Å²) >= 11 is 0. The second-order valence-corrected chi connectivity index (χ2v) is 6.88. The minimum absolute atomic E-state index is 0.421. The minimum Gasteiger partial charge on any atom is -0.497 e. The minimum atomic E-state index is 0.421. The fourth-order valence-corrected chi connectivity index (χ4v) is 3.43. The number of methoxy groups -OCH3 is 2. The molecule has 1 heterocycles. The van der Waals surface area contributed by atoms with E-state index in [-0.39, 0.29) is 0 Å². The lowest BCUT2D eigenvalue weighted by Gasteiger charge is -2.25. The lowest BCUT2D eigenvalue weighted by molar-refractivity contribution is 0.414. The topological polar surface area (TPSA) is 76.4 Å². The van der Waals surface area contributed by atoms with E-state index in [0.29, 0.717) is 5.95 Å². The van der Waals surface area contributed by atoms with Crippen molar-refractivity contribution in [1.82, 2.24) is 9.97 Å². The smallest absolute Gasteiger partial charge is 0.198 e. The molecule has 0 saturated carbocycles. The summed E-state index contributed by atoms with van der Waals surface area (Å²) in [6.45, 7) is 1.45. The van der Waals surface area contributed by atoms with Crippen LogP contribution in [0, 0.1) is 0 Å². The number of hydrogen-bond donors (Lipinski definition) is 2. The van der Waals surface area contributed by atoms with Crippen LogP contribution in [0.15, 0.2) is 66.7 Å². The lowest BCUT2D eigenvalue weighted by atomic mass is 10.1. The van der Waals surface area contributed by atoms with Gasteiger partial charge in [0.05, 0.1) is 25.3 Å². The maximum Gasteiger partial charge on any atom is 0.198 e. The van der Waals surface area contributed by atoms with Crippen LogP contribution in [0.25, 0.3) is 11.0 Å². The summed E-state index contributed by atoms with van der Waals surface area (Å²) in [5.74, 6) is 2.12. The monoisotopic (exact) mass is 388 g/mol. The molecule has 4 rings (SSSR count). The summed E-state index contributed by atoms with van der Waals surface area (Å²) in [7, 11) is 3.37. The van der Waals surface area contributed by atoms with Crippen LogP contribution >= 0.6 is 0 Å². The molecule has 0 spiro atoms. The molecule has 3 N–H and O–H groups in total. The SMILES string of the molecule is COc1cccc(CN(Cc2cccc(OC)c2)c2ccc3nc(N)[nH]c3c2)c1. The van der Waals surface area contributed by atoms with Crippen molar-refractivity contribution in [1.29, 1.82) is 0 Å². The summed E-state index contributed by atoms with van der Waals surface area (Å²) in [6, 6.07) is 22.4. The number of imidazole rings is 1. The van der Waals surface area contributed by atoms with Crippen LogP contribution in [0.4, 0.5) is 11.6 Å². The fraction of sp³-hybridized carbons (Fsp3) is 0.174. The number of aromatic amines is 1. The number of anilines is 2. The number of aromatic nitrogens is 2. The van der Waals surface area contributed by atoms with Gasteiger partial charge in [-0.2, -0.15) is 0 Å². The second-order valence-electron chi connectivity index (χ2n) is 6.88. The van der Waals surface area contributed by atoms with Gasteiger partial charge in [0.15, 0.2) is 5.95 Å². The Morgan fingerprint density at radius 3 is 2.07 bits per heavy atom. The highest BCUT2D eigenvalue weighted by molar-refractivity contribution is 5.81. The first-order valence-corrected chi connectivity index (χ1v) is 9.40. The van der Waals surface area contributed by atoms with Crippen LogP contribution in [0.5, 0.6) is 11.5 Å². The predicted molar refractivity (Wildman–Crippen MR) is 116 cm³/mol. The maximum atomic E-state index is 5.82.